The van der Waals surface area contributed by atoms with E-state index in [9.17, 15) is 9.59 Å². The number of carbonyl (C=O) groups excluding carboxylic acids is 2. The van der Waals surface area contributed by atoms with Crippen molar-refractivity contribution in [3.63, 3.8) is 0 Å². The van der Waals surface area contributed by atoms with Gasteiger partial charge in [-0.1, -0.05) is 24.3 Å². The fourth-order valence-electron chi connectivity index (χ4n) is 4.71. The third-order valence-electron chi connectivity index (χ3n) is 6.43. The van der Waals surface area contributed by atoms with Crippen molar-refractivity contribution >= 4 is 11.7 Å². The first-order valence-electron chi connectivity index (χ1n) is 11.2. The van der Waals surface area contributed by atoms with Gasteiger partial charge < -0.3 is 9.64 Å². The zero-order valence-electron chi connectivity index (χ0n) is 18.1. The van der Waals surface area contributed by atoms with Crippen LogP contribution < -0.4 is 4.74 Å². The third kappa shape index (κ3) is 3.79. The minimum absolute atomic E-state index is 0.0519. The number of ketones is 1. The number of hydrogen-bond acceptors (Lipinski definition) is 5. The van der Waals surface area contributed by atoms with Crippen LogP contribution in [0, 0.1) is 0 Å². The topological polar surface area (TPSA) is 77.3 Å². The first kappa shape index (κ1) is 20.4. The van der Waals surface area contributed by atoms with Crippen LogP contribution in [0.5, 0.6) is 5.75 Å². The van der Waals surface area contributed by atoms with E-state index < -0.39 is 0 Å². The molecule has 1 amide bonds. The number of benzene rings is 2. The van der Waals surface area contributed by atoms with Crippen LogP contribution in [0.2, 0.25) is 0 Å². The summed E-state index contributed by atoms with van der Waals surface area (Å²) in [5, 5.41) is 8.39. The Morgan fingerprint density at radius 2 is 1.84 bits per heavy atom. The van der Waals surface area contributed by atoms with Gasteiger partial charge in [-0.3, -0.25) is 9.59 Å². The number of hydrogen-bond donors (Lipinski definition) is 0. The number of carbonyl (C=O) groups is 2. The number of Topliss-reactive ketones (excluding diaryl/α,β-unsaturated/α-hetero) is 1. The number of likely N-dealkylation sites (tertiary alicyclic amines) is 1. The van der Waals surface area contributed by atoms with Crippen LogP contribution in [0.4, 0.5) is 0 Å². The first-order chi connectivity index (χ1) is 15.6. The predicted molar refractivity (Wildman–Crippen MR) is 119 cm³/mol. The molecule has 7 heteroatoms. The number of amides is 1. The van der Waals surface area contributed by atoms with Crippen LogP contribution in [0.1, 0.15) is 58.9 Å². The average Bonchev–Trinajstić information content (AvgIpc) is 3.35. The molecular weight excluding hydrogens is 404 g/mol. The molecule has 3 aromatic rings. The highest BCUT2D eigenvalue weighted by Crippen LogP contribution is 2.32. The van der Waals surface area contributed by atoms with E-state index in [0.29, 0.717) is 24.2 Å². The molecule has 2 heterocycles. The molecule has 2 atom stereocenters. The van der Waals surface area contributed by atoms with Crippen molar-refractivity contribution in [2.75, 3.05) is 6.54 Å². The lowest BCUT2D eigenvalue weighted by atomic mass is 9.90. The van der Waals surface area contributed by atoms with Crippen LogP contribution >= 0.6 is 0 Å². The Balaban J connectivity index is 1.38. The lowest BCUT2D eigenvalue weighted by Gasteiger charge is -2.38. The van der Waals surface area contributed by atoms with E-state index in [0.717, 1.165) is 42.6 Å². The van der Waals surface area contributed by atoms with Crippen LogP contribution in [-0.2, 0) is 6.42 Å². The molecule has 32 heavy (non-hydrogen) atoms. The van der Waals surface area contributed by atoms with Gasteiger partial charge in [0, 0.05) is 23.6 Å². The molecule has 2 unspecified atom stereocenters. The number of piperidine rings is 1. The maximum Gasteiger partial charge on any atom is 0.256 e. The van der Waals surface area contributed by atoms with E-state index in [1.165, 1.54) is 4.80 Å². The summed E-state index contributed by atoms with van der Waals surface area (Å²) in [4.78, 5) is 29.2. The minimum atomic E-state index is -0.117. The van der Waals surface area contributed by atoms with Crippen molar-refractivity contribution in [1.29, 1.82) is 0 Å². The van der Waals surface area contributed by atoms with Crippen molar-refractivity contribution in [3.05, 3.63) is 71.5 Å². The fraction of sp³-hybridized carbons (Fsp3) is 0.360. The number of fused-ring (bicyclic) bond motifs is 1. The van der Waals surface area contributed by atoms with E-state index in [4.69, 9.17) is 4.74 Å². The van der Waals surface area contributed by atoms with Gasteiger partial charge in [-0.05, 0) is 50.8 Å². The Morgan fingerprint density at radius 1 is 1.03 bits per heavy atom. The Kier molecular flexibility index (Phi) is 5.47. The number of para-hydroxylation sites is 1. The molecule has 2 aromatic carbocycles. The monoisotopic (exact) mass is 430 g/mol. The van der Waals surface area contributed by atoms with Gasteiger partial charge in [0.25, 0.3) is 5.91 Å². The molecule has 0 spiro atoms. The molecule has 1 aromatic heterocycles. The van der Waals surface area contributed by atoms with E-state index >= 15 is 0 Å². The van der Waals surface area contributed by atoms with Crippen molar-refractivity contribution in [2.45, 2.75) is 51.2 Å². The summed E-state index contributed by atoms with van der Waals surface area (Å²) in [5.74, 6) is 0.919. The highest BCUT2D eigenvalue weighted by Gasteiger charge is 2.32. The summed E-state index contributed by atoms with van der Waals surface area (Å²) in [6.45, 7) is 2.57. The first-order valence-corrected chi connectivity index (χ1v) is 11.2. The van der Waals surface area contributed by atoms with Crippen molar-refractivity contribution in [3.8, 4) is 11.4 Å². The molecule has 1 saturated heterocycles. The molecule has 1 fully saturated rings. The standard InChI is InChI=1S/C25H26N4O3/c1-17-12-13-18(32-24-11-5-7-19-20(24)8-4-10-23(19)30)16-28(17)25(31)21-6-2-3-9-22(21)29-26-14-15-27-29/h2-3,5-7,9,11,14-15,17-18H,4,8,10,12-13,16H2,1H3. The molecule has 2 aliphatic rings. The van der Waals surface area contributed by atoms with Crippen LogP contribution in [0.15, 0.2) is 54.9 Å². The van der Waals surface area contributed by atoms with Crippen LogP contribution in [-0.4, -0.2) is 50.3 Å². The van der Waals surface area contributed by atoms with Crippen LogP contribution in [0.3, 0.4) is 0 Å². The molecule has 0 saturated carbocycles. The quantitative estimate of drug-likeness (QED) is 0.628. The zero-order valence-corrected chi connectivity index (χ0v) is 18.1. The lowest BCUT2D eigenvalue weighted by molar-refractivity contribution is 0.0381. The molecule has 0 radical (unpaired) electrons. The second-order valence-electron chi connectivity index (χ2n) is 8.52. The molecule has 5 rings (SSSR count). The summed E-state index contributed by atoms with van der Waals surface area (Å²) >= 11 is 0. The van der Waals surface area contributed by atoms with E-state index in [1.807, 2.05) is 47.4 Å². The van der Waals surface area contributed by atoms with Gasteiger partial charge in [-0.25, -0.2) is 0 Å². The lowest BCUT2D eigenvalue weighted by Crippen LogP contribution is -2.49. The van der Waals surface area contributed by atoms with Crippen LogP contribution in [0.25, 0.3) is 5.69 Å². The van der Waals surface area contributed by atoms with Gasteiger partial charge in [0.2, 0.25) is 0 Å². The van der Waals surface area contributed by atoms with Crippen molar-refractivity contribution < 1.29 is 14.3 Å². The van der Waals surface area contributed by atoms with Crippen molar-refractivity contribution in [1.82, 2.24) is 19.9 Å². The average molecular weight is 431 g/mol. The number of ether oxygens (including phenoxy) is 1. The maximum absolute atomic E-state index is 13.6. The maximum atomic E-state index is 13.6. The van der Waals surface area contributed by atoms with Crippen molar-refractivity contribution in [2.24, 2.45) is 0 Å². The van der Waals surface area contributed by atoms with Gasteiger partial charge in [0.1, 0.15) is 11.9 Å². The Labute approximate surface area is 187 Å². The highest BCUT2D eigenvalue weighted by molar-refractivity contribution is 5.99. The van der Waals surface area contributed by atoms with Gasteiger partial charge in [0.05, 0.1) is 30.2 Å². The predicted octanol–water partition coefficient (Wildman–Crippen LogP) is 3.86. The normalized spacial score (nSPS) is 20.7. The van der Waals surface area contributed by atoms with Gasteiger partial charge in [-0.15, -0.1) is 0 Å². The Hall–Kier alpha value is -3.48. The number of nitrogens with zero attached hydrogens (tertiary/aromatic N) is 4. The van der Waals surface area contributed by atoms with Gasteiger partial charge >= 0.3 is 0 Å². The Morgan fingerprint density at radius 3 is 2.69 bits per heavy atom. The van der Waals surface area contributed by atoms with E-state index in [-0.39, 0.29) is 23.8 Å². The third-order valence-corrected chi connectivity index (χ3v) is 6.43. The van der Waals surface area contributed by atoms with Gasteiger partial charge in [0.15, 0.2) is 5.78 Å². The summed E-state index contributed by atoms with van der Waals surface area (Å²) in [6.07, 6.45) is 7.11. The van der Waals surface area contributed by atoms with E-state index in [1.54, 1.807) is 12.4 Å². The smallest absolute Gasteiger partial charge is 0.256 e. The SMILES string of the molecule is CC1CCC(Oc2cccc3c2CCCC3=O)CN1C(=O)c1ccccc1-n1nccn1. The highest BCUT2D eigenvalue weighted by atomic mass is 16.5. The van der Waals surface area contributed by atoms with E-state index in [2.05, 4.69) is 17.1 Å². The summed E-state index contributed by atoms with van der Waals surface area (Å²) in [6, 6.07) is 13.2. The molecule has 1 aliphatic heterocycles. The second-order valence-corrected chi connectivity index (χ2v) is 8.52. The molecule has 7 nitrogen and oxygen atoms in total. The number of aromatic nitrogens is 3. The summed E-state index contributed by atoms with van der Waals surface area (Å²) in [7, 11) is 0. The summed E-state index contributed by atoms with van der Waals surface area (Å²) < 4.78 is 6.39. The number of rotatable bonds is 4. The molecule has 164 valence electrons. The summed E-state index contributed by atoms with van der Waals surface area (Å²) in [5.41, 5.74) is 3.02. The largest absolute Gasteiger partial charge is 0.488 e. The minimum Gasteiger partial charge on any atom is -0.488 e. The molecular formula is C25H26N4O3. The fourth-order valence-corrected chi connectivity index (χ4v) is 4.71. The molecule has 1 aliphatic carbocycles. The zero-order chi connectivity index (χ0) is 22.1. The van der Waals surface area contributed by atoms with Gasteiger partial charge in [-0.2, -0.15) is 15.0 Å². The molecule has 0 bridgehead atoms. The Bertz CT molecular complexity index is 1140. The molecule has 0 N–H and O–H groups in total. The second kappa shape index (κ2) is 8.57.